The van der Waals surface area contributed by atoms with E-state index in [0.29, 0.717) is 18.1 Å². The van der Waals surface area contributed by atoms with Gasteiger partial charge in [0.1, 0.15) is 11.4 Å². The summed E-state index contributed by atoms with van der Waals surface area (Å²) in [5.74, 6) is 1.33. The molecule has 0 radical (unpaired) electrons. The van der Waals surface area contributed by atoms with Crippen molar-refractivity contribution in [2.75, 3.05) is 44.7 Å². The highest BCUT2D eigenvalue weighted by Gasteiger charge is 2.19. The maximum absolute atomic E-state index is 12.5. The SMILES string of the molecule is COc1ccc(Cc2nnc(N3CCN(C/C=C/c4ccccc4)CC3)[nH]c2=O)cc1. The maximum Gasteiger partial charge on any atom is 0.274 e. The van der Waals surface area contributed by atoms with Gasteiger partial charge in [-0.2, -0.15) is 0 Å². The second-order valence-corrected chi connectivity index (χ2v) is 7.55. The number of nitrogens with one attached hydrogen (secondary N) is 1. The molecule has 4 rings (SSSR count). The molecular formula is C24H27N5O2. The average Bonchev–Trinajstić information content (AvgIpc) is 2.82. The minimum atomic E-state index is -0.186. The first-order valence-corrected chi connectivity index (χ1v) is 10.5. The molecule has 0 bridgehead atoms. The third-order valence-electron chi connectivity index (χ3n) is 5.43. The number of ether oxygens (including phenoxy) is 1. The van der Waals surface area contributed by atoms with Gasteiger partial charge in [0.15, 0.2) is 0 Å². The Morgan fingerprint density at radius 3 is 2.42 bits per heavy atom. The van der Waals surface area contributed by atoms with Crippen LogP contribution in [0.25, 0.3) is 6.08 Å². The topological polar surface area (TPSA) is 74.4 Å². The van der Waals surface area contributed by atoms with Gasteiger partial charge in [-0.3, -0.25) is 14.7 Å². The Morgan fingerprint density at radius 2 is 1.74 bits per heavy atom. The highest BCUT2D eigenvalue weighted by molar-refractivity contribution is 5.48. The largest absolute Gasteiger partial charge is 0.497 e. The van der Waals surface area contributed by atoms with E-state index < -0.39 is 0 Å². The molecule has 1 aliphatic heterocycles. The van der Waals surface area contributed by atoms with E-state index in [1.165, 1.54) is 5.56 Å². The van der Waals surface area contributed by atoms with Crippen LogP contribution in [0.15, 0.2) is 65.5 Å². The number of methoxy groups -OCH3 is 1. The summed E-state index contributed by atoms with van der Waals surface area (Å²) in [7, 11) is 1.63. The molecule has 0 aliphatic carbocycles. The second-order valence-electron chi connectivity index (χ2n) is 7.55. The number of H-pyrrole nitrogens is 1. The van der Waals surface area contributed by atoms with E-state index in [2.05, 4.69) is 49.3 Å². The first-order chi connectivity index (χ1) is 15.2. The van der Waals surface area contributed by atoms with Crippen molar-refractivity contribution in [1.29, 1.82) is 0 Å². The Hall–Kier alpha value is -3.45. The minimum Gasteiger partial charge on any atom is -0.497 e. The molecule has 3 aromatic rings. The molecule has 31 heavy (non-hydrogen) atoms. The van der Waals surface area contributed by atoms with Gasteiger partial charge in [0.2, 0.25) is 5.95 Å². The quantitative estimate of drug-likeness (QED) is 0.637. The number of benzene rings is 2. The summed E-state index contributed by atoms with van der Waals surface area (Å²) in [4.78, 5) is 19.9. The summed E-state index contributed by atoms with van der Waals surface area (Å²) < 4.78 is 5.17. The van der Waals surface area contributed by atoms with E-state index in [9.17, 15) is 4.79 Å². The third kappa shape index (κ3) is 5.58. The Balaban J connectivity index is 1.30. The van der Waals surface area contributed by atoms with E-state index in [1.54, 1.807) is 7.11 Å². The first kappa shape index (κ1) is 20.8. The number of anilines is 1. The molecule has 0 amide bonds. The van der Waals surface area contributed by atoms with Gasteiger partial charge in [-0.25, -0.2) is 0 Å². The van der Waals surface area contributed by atoms with Crippen molar-refractivity contribution in [3.63, 3.8) is 0 Å². The monoisotopic (exact) mass is 417 g/mol. The van der Waals surface area contributed by atoms with Crippen molar-refractivity contribution in [3.05, 3.63) is 87.8 Å². The van der Waals surface area contributed by atoms with Crippen LogP contribution in [-0.2, 0) is 6.42 Å². The van der Waals surface area contributed by atoms with Gasteiger partial charge in [-0.05, 0) is 23.3 Å². The lowest BCUT2D eigenvalue weighted by atomic mass is 10.1. The molecule has 0 saturated carbocycles. The molecule has 0 atom stereocenters. The van der Waals surface area contributed by atoms with Crippen molar-refractivity contribution in [2.24, 2.45) is 0 Å². The molecule has 7 heteroatoms. The van der Waals surface area contributed by atoms with Gasteiger partial charge in [-0.1, -0.05) is 54.6 Å². The molecule has 1 saturated heterocycles. The Labute approximate surface area is 182 Å². The zero-order chi connectivity index (χ0) is 21.5. The lowest BCUT2D eigenvalue weighted by Gasteiger charge is -2.34. The molecule has 1 aliphatic rings. The molecule has 2 heterocycles. The number of nitrogens with zero attached hydrogens (tertiary/aromatic N) is 4. The summed E-state index contributed by atoms with van der Waals surface area (Å²) in [6, 6.07) is 17.9. The number of aromatic amines is 1. The number of rotatable bonds is 7. The highest BCUT2D eigenvalue weighted by atomic mass is 16.5. The van der Waals surface area contributed by atoms with Crippen LogP contribution in [-0.4, -0.2) is 59.9 Å². The maximum atomic E-state index is 12.5. The zero-order valence-corrected chi connectivity index (χ0v) is 17.7. The molecule has 1 fully saturated rings. The molecule has 1 N–H and O–H groups in total. The summed E-state index contributed by atoms with van der Waals surface area (Å²) in [6.07, 6.45) is 4.78. The van der Waals surface area contributed by atoms with Crippen LogP contribution in [0, 0.1) is 0 Å². The average molecular weight is 418 g/mol. The normalized spacial score (nSPS) is 14.8. The Bertz CT molecular complexity index is 1060. The lowest BCUT2D eigenvalue weighted by Crippen LogP contribution is -2.47. The molecule has 1 aromatic heterocycles. The second kappa shape index (κ2) is 10.0. The lowest BCUT2D eigenvalue weighted by molar-refractivity contribution is 0.282. The third-order valence-corrected chi connectivity index (χ3v) is 5.43. The predicted molar refractivity (Wildman–Crippen MR) is 123 cm³/mol. The summed E-state index contributed by atoms with van der Waals surface area (Å²) in [6.45, 7) is 4.35. The Kier molecular flexibility index (Phi) is 6.74. The smallest absolute Gasteiger partial charge is 0.274 e. The van der Waals surface area contributed by atoms with E-state index in [1.807, 2.05) is 42.5 Å². The van der Waals surface area contributed by atoms with Crippen LogP contribution in [0.2, 0.25) is 0 Å². The van der Waals surface area contributed by atoms with Gasteiger partial charge in [0.25, 0.3) is 5.56 Å². The predicted octanol–water partition coefficient (Wildman–Crippen LogP) is 2.60. The van der Waals surface area contributed by atoms with Crippen LogP contribution in [0.4, 0.5) is 5.95 Å². The van der Waals surface area contributed by atoms with Gasteiger partial charge >= 0.3 is 0 Å². The molecule has 0 unspecified atom stereocenters. The molecule has 160 valence electrons. The summed E-state index contributed by atoms with van der Waals surface area (Å²) in [5.41, 5.74) is 2.43. The fraction of sp³-hybridized carbons (Fsp3) is 0.292. The van der Waals surface area contributed by atoms with Crippen LogP contribution in [0.1, 0.15) is 16.8 Å². The van der Waals surface area contributed by atoms with Crippen molar-refractivity contribution < 1.29 is 4.74 Å². The minimum absolute atomic E-state index is 0.186. The summed E-state index contributed by atoms with van der Waals surface area (Å²) >= 11 is 0. The van der Waals surface area contributed by atoms with Crippen LogP contribution in [0.5, 0.6) is 5.75 Å². The zero-order valence-electron chi connectivity index (χ0n) is 17.7. The van der Waals surface area contributed by atoms with E-state index in [-0.39, 0.29) is 5.56 Å². The highest BCUT2D eigenvalue weighted by Crippen LogP contribution is 2.14. The fourth-order valence-corrected chi connectivity index (χ4v) is 3.59. The molecule has 2 aromatic carbocycles. The molecular weight excluding hydrogens is 390 g/mol. The number of hydrogen-bond donors (Lipinski definition) is 1. The van der Waals surface area contributed by atoms with Crippen molar-refractivity contribution in [3.8, 4) is 5.75 Å². The van der Waals surface area contributed by atoms with Crippen molar-refractivity contribution >= 4 is 12.0 Å². The number of piperazine rings is 1. The van der Waals surface area contributed by atoms with Crippen LogP contribution in [0.3, 0.4) is 0 Å². The summed E-state index contributed by atoms with van der Waals surface area (Å²) in [5, 5.41) is 8.49. The van der Waals surface area contributed by atoms with Gasteiger partial charge < -0.3 is 9.64 Å². The fourth-order valence-electron chi connectivity index (χ4n) is 3.59. The molecule has 7 nitrogen and oxygen atoms in total. The molecule has 0 spiro atoms. The van der Waals surface area contributed by atoms with Crippen molar-refractivity contribution in [2.45, 2.75) is 6.42 Å². The van der Waals surface area contributed by atoms with Crippen molar-refractivity contribution in [1.82, 2.24) is 20.1 Å². The van der Waals surface area contributed by atoms with E-state index >= 15 is 0 Å². The standard InChI is InChI=1S/C24H27N5O2/c1-31-21-11-9-20(10-12-21)18-22-23(30)25-24(27-26-22)29-16-14-28(15-17-29)13-5-8-19-6-3-2-4-7-19/h2-12H,13-18H2,1H3,(H,25,27,30)/b8-5+. The van der Waals surface area contributed by atoms with Crippen LogP contribution < -0.4 is 15.2 Å². The van der Waals surface area contributed by atoms with Gasteiger partial charge in [-0.15, -0.1) is 10.2 Å². The first-order valence-electron chi connectivity index (χ1n) is 10.5. The Morgan fingerprint density at radius 1 is 1.00 bits per heavy atom. The van der Waals surface area contributed by atoms with E-state index in [4.69, 9.17) is 4.74 Å². The number of aromatic nitrogens is 3. The number of hydrogen-bond acceptors (Lipinski definition) is 6. The van der Waals surface area contributed by atoms with Crippen LogP contribution >= 0.6 is 0 Å². The van der Waals surface area contributed by atoms with Gasteiger partial charge in [0, 0.05) is 39.1 Å². The van der Waals surface area contributed by atoms with E-state index in [0.717, 1.165) is 44.0 Å². The van der Waals surface area contributed by atoms with Gasteiger partial charge in [0.05, 0.1) is 7.11 Å².